The van der Waals surface area contributed by atoms with Crippen LogP contribution >= 0.6 is 15.9 Å². The van der Waals surface area contributed by atoms with Gasteiger partial charge in [0.2, 0.25) is 11.7 Å². The third kappa shape index (κ3) is 2.58. The van der Waals surface area contributed by atoms with Gasteiger partial charge in [0.15, 0.2) is 0 Å². The predicted molar refractivity (Wildman–Crippen MR) is 76.4 cm³/mol. The summed E-state index contributed by atoms with van der Waals surface area (Å²) in [5.41, 5.74) is 6.90. The van der Waals surface area contributed by atoms with Gasteiger partial charge in [0.1, 0.15) is 0 Å². The molecule has 1 fully saturated rings. The maximum Gasteiger partial charge on any atom is 0.247 e. The van der Waals surface area contributed by atoms with E-state index >= 15 is 0 Å². The van der Waals surface area contributed by atoms with E-state index in [9.17, 15) is 0 Å². The van der Waals surface area contributed by atoms with Crippen LogP contribution < -0.4 is 5.73 Å². The quantitative estimate of drug-likeness (QED) is 0.917. The second-order valence-electron chi connectivity index (χ2n) is 5.15. The van der Waals surface area contributed by atoms with Crippen molar-refractivity contribution in [3.05, 3.63) is 34.6 Å². The second kappa shape index (κ2) is 5.06. The first-order valence-corrected chi connectivity index (χ1v) is 7.36. The van der Waals surface area contributed by atoms with E-state index in [1.807, 2.05) is 24.3 Å². The highest BCUT2D eigenvalue weighted by Crippen LogP contribution is 2.34. The van der Waals surface area contributed by atoms with Crippen LogP contribution in [-0.4, -0.2) is 10.1 Å². The standard InChI is InChI=1S/C14H16BrN3O/c15-11-6-4-5-10(9-11)12-17-13(19-18-12)14(16)7-2-1-3-8-14/h4-6,9H,1-3,7-8,16H2. The fraction of sp³-hybridized carbons (Fsp3) is 0.429. The lowest BCUT2D eigenvalue weighted by molar-refractivity contribution is 0.220. The van der Waals surface area contributed by atoms with Gasteiger partial charge < -0.3 is 10.3 Å². The van der Waals surface area contributed by atoms with E-state index in [4.69, 9.17) is 10.3 Å². The van der Waals surface area contributed by atoms with Crippen molar-refractivity contribution in [2.75, 3.05) is 0 Å². The molecule has 1 saturated carbocycles. The molecule has 0 radical (unpaired) electrons. The first kappa shape index (κ1) is 12.8. The van der Waals surface area contributed by atoms with Crippen LogP contribution in [0.3, 0.4) is 0 Å². The average molecular weight is 322 g/mol. The molecule has 2 N–H and O–H groups in total. The lowest BCUT2D eigenvalue weighted by atomic mass is 9.82. The molecule has 0 bridgehead atoms. The summed E-state index contributed by atoms with van der Waals surface area (Å²) in [5.74, 6) is 1.17. The first-order chi connectivity index (χ1) is 9.17. The Morgan fingerprint density at radius 1 is 1.21 bits per heavy atom. The molecule has 1 aliphatic rings. The molecule has 100 valence electrons. The number of nitrogens with two attached hydrogens (primary N) is 1. The van der Waals surface area contributed by atoms with Crippen LogP contribution in [0, 0.1) is 0 Å². The molecule has 1 aliphatic carbocycles. The summed E-state index contributed by atoms with van der Waals surface area (Å²) in [6.45, 7) is 0. The average Bonchev–Trinajstić information content (AvgIpc) is 2.90. The predicted octanol–water partition coefficient (Wildman–Crippen LogP) is 3.62. The van der Waals surface area contributed by atoms with E-state index in [0.717, 1.165) is 35.7 Å². The van der Waals surface area contributed by atoms with Crippen molar-refractivity contribution < 1.29 is 4.52 Å². The number of rotatable bonds is 2. The van der Waals surface area contributed by atoms with E-state index in [1.165, 1.54) is 6.42 Å². The summed E-state index contributed by atoms with van der Waals surface area (Å²) in [5, 5.41) is 4.06. The first-order valence-electron chi connectivity index (χ1n) is 6.56. The molecule has 1 aromatic heterocycles. The van der Waals surface area contributed by atoms with Crippen LogP contribution in [0.2, 0.25) is 0 Å². The molecule has 19 heavy (non-hydrogen) atoms. The van der Waals surface area contributed by atoms with Crippen molar-refractivity contribution in [3.8, 4) is 11.4 Å². The maximum atomic E-state index is 6.40. The van der Waals surface area contributed by atoms with Gasteiger partial charge in [-0.3, -0.25) is 0 Å². The van der Waals surface area contributed by atoms with Crippen LogP contribution in [0.25, 0.3) is 11.4 Å². The third-order valence-electron chi connectivity index (χ3n) is 3.68. The van der Waals surface area contributed by atoms with E-state index in [-0.39, 0.29) is 0 Å². The molecule has 3 rings (SSSR count). The van der Waals surface area contributed by atoms with E-state index in [0.29, 0.717) is 11.7 Å². The van der Waals surface area contributed by atoms with Crippen molar-refractivity contribution in [3.63, 3.8) is 0 Å². The molecular formula is C14H16BrN3O. The Morgan fingerprint density at radius 2 is 2.00 bits per heavy atom. The van der Waals surface area contributed by atoms with Gasteiger partial charge in [-0.1, -0.05) is 52.5 Å². The van der Waals surface area contributed by atoms with Crippen LogP contribution in [0.1, 0.15) is 38.0 Å². The molecular weight excluding hydrogens is 306 g/mol. The van der Waals surface area contributed by atoms with Gasteiger partial charge in [-0.05, 0) is 25.0 Å². The topological polar surface area (TPSA) is 64.9 Å². The zero-order valence-corrected chi connectivity index (χ0v) is 12.2. The second-order valence-corrected chi connectivity index (χ2v) is 6.07. The lowest BCUT2D eigenvalue weighted by Crippen LogP contribution is -2.38. The van der Waals surface area contributed by atoms with Crippen LogP contribution in [-0.2, 0) is 5.54 Å². The van der Waals surface area contributed by atoms with Gasteiger partial charge in [-0.15, -0.1) is 0 Å². The molecule has 4 nitrogen and oxygen atoms in total. The Kier molecular flexibility index (Phi) is 3.41. The SMILES string of the molecule is NC1(c2nc(-c3cccc(Br)c3)no2)CCCCC1. The smallest absolute Gasteiger partial charge is 0.247 e. The van der Waals surface area contributed by atoms with Gasteiger partial charge in [-0.2, -0.15) is 4.98 Å². The van der Waals surface area contributed by atoms with Crippen molar-refractivity contribution in [2.24, 2.45) is 5.73 Å². The Labute approximate surface area is 120 Å². The molecule has 0 amide bonds. The minimum absolute atomic E-state index is 0.435. The number of nitrogens with zero attached hydrogens (tertiary/aromatic N) is 2. The molecule has 1 aromatic carbocycles. The van der Waals surface area contributed by atoms with Crippen molar-refractivity contribution in [2.45, 2.75) is 37.6 Å². The largest absolute Gasteiger partial charge is 0.337 e. The van der Waals surface area contributed by atoms with Crippen LogP contribution in [0.4, 0.5) is 0 Å². The highest BCUT2D eigenvalue weighted by atomic mass is 79.9. The molecule has 0 unspecified atom stereocenters. The van der Waals surface area contributed by atoms with Crippen molar-refractivity contribution >= 4 is 15.9 Å². The van der Waals surface area contributed by atoms with Gasteiger partial charge >= 0.3 is 0 Å². The van der Waals surface area contributed by atoms with Crippen LogP contribution in [0.5, 0.6) is 0 Å². The van der Waals surface area contributed by atoms with E-state index < -0.39 is 5.54 Å². The number of aromatic nitrogens is 2. The van der Waals surface area contributed by atoms with Gasteiger partial charge in [0.05, 0.1) is 5.54 Å². The molecule has 0 saturated heterocycles. The van der Waals surface area contributed by atoms with Gasteiger partial charge in [-0.25, -0.2) is 0 Å². The summed E-state index contributed by atoms with van der Waals surface area (Å²) in [4.78, 5) is 4.49. The Morgan fingerprint density at radius 3 is 2.74 bits per heavy atom. The van der Waals surface area contributed by atoms with Gasteiger partial charge in [0, 0.05) is 10.0 Å². The molecule has 0 aliphatic heterocycles. The Hall–Kier alpha value is -1.20. The van der Waals surface area contributed by atoms with Crippen molar-refractivity contribution in [1.82, 2.24) is 10.1 Å². The number of hydrogen-bond acceptors (Lipinski definition) is 4. The molecule has 5 heteroatoms. The normalized spacial score (nSPS) is 18.4. The van der Waals surface area contributed by atoms with Crippen molar-refractivity contribution in [1.29, 1.82) is 0 Å². The molecule has 2 aromatic rings. The van der Waals surface area contributed by atoms with Crippen LogP contribution in [0.15, 0.2) is 33.3 Å². The third-order valence-corrected chi connectivity index (χ3v) is 4.17. The zero-order valence-electron chi connectivity index (χ0n) is 10.6. The fourth-order valence-corrected chi connectivity index (χ4v) is 2.97. The fourth-order valence-electron chi connectivity index (χ4n) is 2.57. The van der Waals surface area contributed by atoms with Gasteiger partial charge in [0.25, 0.3) is 0 Å². The highest BCUT2D eigenvalue weighted by Gasteiger charge is 2.35. The highest BCUT2D eigenvalue weighted by molar-refractivity contribution is 9.10. The monoisotopic (exact) mass is 321 g/mol. The maximum absolute atomic E-state index is 6.40. The Balaban J connectivity index is 1.91. The zero-order chi connectivity index (χ0) is 13.3. The molecule has 0 atom stereocenters. The summed E-state index contributed by atoms with van der Waals surface area (Å²) < 4.78 is 6.40. The number of benzene rings is 1. The lowest BCUT2D eigenvalue weighted by Gasteiger charge is -2.29. The molecule has 1 heterocycles. The summed E-state index contributed by atoms with van der Waals surface area (Å²) in [7, 11) is 0. The van der Waals surface area contributed by atoms with E-state index in [1.54, 1.807) is 0 Å². The summed E-state index contributed by atoms with van der Waals surface area (Å²) in [6.07, 6.45) is 5.35. The number of hydrogen-bond donors (Lipinski definition) is 1. The number of halogens is 1. The minimum atomic E-state index is -0.435. The summed E-state index contributed by atoms with van der Waals surface area (Å²) in [6, 6.07) is 7.85. The summed E-state index contributed by atoms with van der Waals surface area (Å²) >= 11 is 3.44. The Bertz CT molecular complexity index is 576. The molecule has 0 spiro atoms. The minimum Gasteiger partial charge on any atom is -0.337 e. The van der Waals surface area contributed by atoms with E-state index in [2.05, 4.69) is 26.1 Å².